The Morgan fingerprint density at radius 3 is 2.45 bits per heavy atom. The molecule has 0 heterocycles. The van der Waals surface area contributed by atoms with E-state index < -0.39 is 89.1 Å². The highest BCUT2D eigenvalue weighted by atomic mass is 19.3. The molecule has 7 N–H and O–H groups in total. The van der Waals surface area contributed by atoms with E-state index in [1.807, 2.05) is 0 Å². The van der Waals surface area contributed by atoms with Crippen molar-refractivity contribution in [3.8, 4) is 5.75 Å². The molecular weight excluding hydrogens is 508 g/mol. The van der Waals surface area contributed by atoms with Gasteiger partial charge in [-0.3, -0.25) is 24.1 Å². The third-order valence-electron chi connectivity index (χ3n) is 7.49. The van der Waals surface area contributed by atoms with Crippen molar-refractivity contribution in [1.82, 2.24) is 10.2 Å². The first-order valence-electron chi connectivity index (χ1n) is 11.7. The largest absolute Gasteiger partial charge is 0.508 e. The van der Waals surface area contributed by atoms with Crippen LogP contribution in [-0.2, 0) is 20.8 Å². The maximum absolute atomic E-state index is 13.8. The molecule has 1 fully saturated rings. The minimum Gasteiger partial charge on any atom is -0.508 e. The number of primary amides is 1. The number of alkyl halides is 2. The molecular formula is C25H27F2N3O8. The third-order valence-corrected chi connectivity index (χ3v) is 7.49. The van der Waals surface area contributed by atoms with Crippen LogP contribution in [0.1, 0.15) is 27.9 Å². The van der Waals surface area contributed by atoms with Crippen molar-refractivity contribution in [2.75, 3.05) is 27.2 Å². The minimum atomic E-state index is -2.77. The van der Waals surface area contributed by atoms with Gasteiger partial charge in [0.1, 0.15) is 22.8 Å². The maximum Gasteiger partial charge on any atom is 0.255 e. The fourth-order valence-corrected chi connectivity index (χ4v) is 5.90. The first-order valence-corrected chi connectivity index (χ1v) is 11.7. The molecule has 0 bridgehead atoms. The molecule has 4 atom stereocenters. The lowest BCUT2D eigenvalue weighted by molar-refractivity contribution is -0.153. The SMILES string of the molecule is CN(C)[C@@H]1C(=O)C(C(N)=O)=C(O)[C@@]2(O)C(=O)C3=C(O)c4c(O)ccc(C(=O)CNCC(F)F)c4C[C@H]3C[C@@H]12. The van der Waals surface area contributed by atoms with Gasteiger partial charge in [0.25, 0.3) is 12.3 Å². The molecule has 4 rings (SSSR count). The fraction of sp³-hybridized carbons (Fsp3) is 0.440. The van der Waals surface area contributed by atoms with Crippen molar-refractivity contribution >= 4 is 29.0 Å². The Labute approximate surface area is 215 Å². The predicted molar refractivity (Wildman–Crippen MR) is 127 cm³/mol. The smallest absolute Gasteiger partial charge is 0.255 e. The van der Waals surface area contributed by atoms with Crippen molar-refractivity contribution in [2.45, 2.75) is 30.9 Å². The summed E-state index contributed by atoms with van der Waals surface area (Å²) in [7, 11) is 2.96. The van der Waals surface area contributed by atoms with Gasteiger partial charge >= 0.3 is 0 Å². The molecule has 0 aliphatic heterocycles. The average molecular weight is 536 g/mol. The monoisotopic (exact) mass is 535 g/mol. The number of benzene rings is 1. The number of carbonyl (C=O) groups is 4. The zero-order chi connectivity index (χ0) is 28.3. The summed E-state index contributed by atoms with van der Waals surface area (Å²) in [5.74, 6) is -8.53. The number of hydrogen-bond donors (Lipinski definition) is 6. The zero-order valence-electron chi connectivity index (χ0n) is 20.5. The van der Waals surface area contributed by atoms with Crippen LogP contribution < -0.4 is 11.1 Å². The Morgan fingerprint density at radius 2 is 1.87 bits per heavy atom. The molecule has 13 heteroatoms. The summed E-state index contributed by atoms with van der Waals surface area (Å²) < 4.78 is 25.0. The van der Waals surface area contributed by atoms with E-state index in [4.69, 9.17) is 5.73 Å². The lowest BCUT2D eigenvalue weighted by Crippen LogP contribution is -2.65. The van der Waals surface area contributed by atoms with Gasteiger partial charge in [0, 0.05) is 17.1 Å². The Morgan fingerprint density at radius 1 is 1.21 bits per heavy atom. The van der Waals surface area contributed by atoms with Gasteiger partial charge in [0.2, 0.25) is 5.78 Å². The lowest BCUT2D eigenvalue weighted by atomic mass is 9.57. The highest BCUT2D eigenvalue weighted by Gasteiger charge is 2.64. The summed E-state index contributed by atoms with van der Waals surface area (Å²) in [5, 5.41) is 46.4. The number of hydrogen-bond acceptors (Lipinski definition) is 10. The van der Waals surface area contributed by atoms with Crippen molar-refractivity contribution < 1.29 is 48.4 Å². The van der Waals surface area contributed by atoms with Gasteiger partial charge in [-0.2, -0.15) is 0 Å². The second-order valence-electron chi connectivity index (χ2n) is 9.89. The molecule has 204 valence electrons. The van der Waals surface area contributed by atoms with E-state index in [0.717, 1.165) is 6.07 Å². The number of phenols is 1. The van der Waals surface area contributed by atoms with Gasteiger partial charge in [0.05, 0.1) is 24.7 Å². The second kappa shape index (κ2) is 9.57. The Hall–Kier alpha value is -3.68. The molecule has 0 radical (unpaired) electrons. The first kappa shape index (κ1) is 27.4. The van der Waals surface area contributed by atoms with Crippen LogP contribution in [0.5, 0.6) is 5.75 Å². The van der Waals surface area contributed by atoms with Crippen LogP contribution >= 0.6 is 0 Å². The van der Waals surface area contributed by atoms with Crippen LogP contribution in [0.4, 0.5) is 8.78 Å². The van der Waals surface area contributed by atoms with E-state index in [-0.39, 0.29) is 35.1 Å². The van der Waals surface area contributed by atoms with Crippen molar-refractivity contribution in [3.05, 3.63) is 45.7 Å². The topological polar surface area (TPSA) is 190 Å². The summed E-state index contributed by atoms with van der Waals surface area (Å²) >= 11 is 0. The molecule has 1 amide bonds. The van der Waals surface area contributed by atoms with E-state index in [9.17, 15) is 48.4 Å². The molecule has 1 aromatic rings. The molecule has 1 aromatic carbocycles. The van der Waals surface area contributed by atoms with Gasteiger partial charge in [-0.25, -0.2) is 8.78 Å². The number of ketones is 3. The number of halogens is 2. The number of fused-ring (bicyclic) bond motifs is 3. The number of amides is 1. The number of carbonyl (C=O) groups excluding carboxylic acids is 4. The molecule has 3 aliphatic rings. The highest BCUT2D eigenvalue weighted by Crippen LogP contribution is 2.52. The number of nitrogens with one attached hydrogen (secondary N) is 1. The quantitative estimate of drug-likeness (QED) is 0.205. The van der Waals surface area contributed by atoms with E-state index in [1.54, 1.807) is 0 Å². The van der Waals surface area contributed by atoms with Crippen LogP contribution in [0.25, 0.3) is 5.76 Å². The summed E-state index contributed by atoms with van der Waals surface area (Å²) in [6.07, 6.45) is -2.90. The van der Waals surface area contributed by atoms with E-state index in [2.05, 4.69) is 5.32 Å². The standard InChI is InChI=1S/C25H27F2N3O8/c1-30(2)19-12-6-9-5-11-10(14(32)7-29-8-15(26)27)3-4-13(31)17(11)20(33)16(9)22(35)25(12,38)23(36)18(21(19)34)24(28)37/h3-4,9,12,15,19,29,31,33,36,38H,5-8H2,1-2H3,(H2,28,37)/t9-,12-,19-,25-/m0/s1. The van der Waals surface area contributed by atoms with Gasteiger partial charge in [-0.05, 0) is 50.6 Å². The summed E-state index contributed by atoms with van der Waals surface area (Å²) in [6, 6.07) is 1.14. The predicted octanol–water partition coefficient (Wildman–Crippen LogP) is 0.00140. The molecule has 0 unspecified atom stereocenters. The van der Waals surface area contributed by atoms with Gasteiger partial charge in [-0.1, -0.05) is 0 Å². The normalized spacial score (nSPS) is 27.0. The Balaban J connectivity index is 1.87. The van der Waals surface area contributed by atoms with Crippen molar-refractivity contribution in [3.63, 3.8) is 0 Å². The lowest BCUT2D eigenvalue weighted by Gasteiger charge is -2.50. The summed E-state index contributed by atoms with van der Waals surface area (Å²) in [6.45, 7) is -1.17. The first-order chi connectivity index (χ1) is 17.7. The number of phenolic OH excluding ortho intramolecular Hbond substituents is 1. The Kier molecular flexibility index (Phi) is 6.89. The molecule has 0 saturated heterocycles. The molecule has 1 saturated carbocycles. The number of nitrogens with zero attached hydrogens (tertiary/aromatic N) is 1. The van der Waals surface area contributed by atoms with Gasteiger partial charge in [-0.15, -0.1) is 0 Å². The van der Waals surface area contributed by atoms with Crippen LogP contribution in [0, 0.1) is 11.8 Å². The molecule has 3 aliphatic carbocycles. The number of aliphatic hydroxyl groups is 3. The molecule has 38 heavy (non-hydrogen) atoms. The number of rotatable bonds is 7. The van der Waals surface area contributed by atoms with E-state index >= 15 is 0 Å². The summed E-state index contributed by atoms with van der Waals surface area (Å²) in [4.78, 5) is 53.1. The number of likely N-dealkylation sites (N-methyl/N-ethyl adjacent to an activating group) is 1. The molecule has 0 aromatic heterocycles. The van der Waals surface area contributed by atoms with Gasteiger partial charge in [0.15, 0.2) is 17.2 Å². The maximum atomic E-state index is 13.8. The van der Waals surface area contributed by atoms with Crippen LogP contribution in [0.2, 0.25) is 0 Å². The van der Waals surface area contributed by atoms with Crippen molar-refractivity contribution in [1.29, 1.82) is 0 Å². The number of aliphatic hydroxyl groups excluding tert-OH is 2. The average Bonchev–Trinajstić information content (AvgIpc) is 2.80. The second-order valence-corrected chi connectivity index (χ2v) is 9.89. The number of aromatic hydroxyl groups is 1. The van der Waals surface area contributed by atoms with Crippen molar-refractivity contribution in [2.24, 2.45) is 17.6 Å². The third kappa shape index (κ3) is 3.97. The molecule has 0 spiro atoms. The minimum absolute atomic E-state index is 0.0288. The fourth-order valence-electron chi connectivity index (χ4n) is 5.90. The number of Topliss-reactive ketones (excluding diaryl/α,β-unsaturated/α-hetero) is 3. The molecule has 11 nitrogen and oxygen atoms in total. The van der Waals surface area contributed by atoms with E-state index in [0.29, 0.717) is 0 Å². The highest BCUT2D eigenvalue weighted by molar-refractivity contribution is 6.24. The van der Waals surface area contributed by atoms with Crippen LogP contribution in [0.15, 0.2) is 29.0 Å². The zero-order valence-corrected chi connectivity index (χ0v) is 20.5. The van der Waals surface area contributed by atoms with Crippen LogP contribution in [0.3, 0.4) is 0 Å². The Bertz CT molecular complexity index is 1320. The van der Waals surface area contributed by atoms with Gasteiger partial charge < -0.3 is 31.5 Å². The van der Waals surface area contributed by atoms with E-state index in [1.165, 1.54) is 25.1 Å². The number of nitrogens with two attached hydrogens (primary N) is 1. The van der Waals surface area contributed by atoms with Crippen LogP contribution in [-0.4, -0.2) is 93.8 Å². The summed E-state index contributed by atoms with van der Waals surface area (Å²) in [5.41, 5.74) is 1.19.